The smallest absolute Gasteiger partial charge is 0.254 e. The summed E-state index contributed by atoms with van der Waals surface area (Å²) in [6.45, 7) is 5.06. The third kappa shape index (κ3) is 6.65. The molecule has 2 N–H and O–H groups in total. The molecule has 0 fully saturated rings. The molecule has 1 rings (SSSR count). The van der Waals surface area contributed by atoms with Crippen molar-refractivity contribution >= 4 is 11.8 Å². The van der Waals surface area contributed by atoms with Crippen molar-refractivity contribution in [2.24, 2.45) is 5.92 Å². The number of carbonyl (C=O) groups excluding carboxylic acids is 2. The summed E-state index contributed by atoms with van der Waals surface area (Å²) in [4.78, 5) is 23.2. The van der Waals surface area contributed by atoms with Crippen molar-refractivity contribution in [1.82, 2.24) is 10.6 Å². The zero-order chi connectivity index (χ0) is 16.5. The molecule has 0 aliphatic rings. The number of benzene rings is 1. The van der Waals surface area contributed by atoms with Gasteiger partial charge in [-0.25, -0.2) is 8.78 Å². The van der Waals surface area contributed by atoms with Crippen LogP contribution in [0, 0.1) is 17.6 Å². The lowest BCUT2D eigenvalue weighted by molar-refractivity contribution is -0.121. The van der Waals surface area contributed by atoms with E-state index in [1.165, 1.54) is 0 Å². The highest BCUT2D eigenvalue weighted by atomic mass is 19.1. The van der Waals surface area contributed by atoms with Crippen LogP contribution in [-0.4, -0.2) is 24.9 Å². The fourth-order valence-electron chi connectivity index (χ4n) is 1.81. The van der Waals surface area contributed by atoms with Crippen LogP contribution in [0.15, 0.2) is 18.2 Å². The minimum absolute atomic E-state index is 0.0668. The fourth-order valence-corrected chi connectivity index (χ4v) is 1.81. The summed E-state index contributed by atoms with van der Waals surface area (Å²) in [5, 5.41) is 5.30. The average molecular weight is 312 g/mol. The van der Waals surface area contributed by atoms with Gasteiger partial charge >= 0.3 is 0 Å². The first-order valence-electron chi connectivity index (χ1n) is 7.40. The Morgan fingerprint density at radius 3 is 2.50 bits per heavy atom. The molecule has 22 heavy (non-hydrogen) atoms. The molecule has 0 spiro atoms. The molecule has 0 radical (unpaired) electrons. The fraction of sp³-hybridized carbons (Fsp3) is 0.500. The number of halogens is 2. The first-order chi connectivity index (χ1) is 10.4. The number of carbonyl (C=O) groups is 2. The van der Waals surface area contributed by atoms with Gasteiger partial charge in [-0.3, -0.25) is 9.59 Å². The molecule has 0 saturated carbocycles. The van der Waals surface area contributed by atoms with E-state index >= 15 is 0 Å². The summed E-state index contributed by atoms with van der Waals surface area (Å²) in [5.74, 6) is -1.78. The van der Waals surface area contributed by atoms with Crippen molar-refractivity contribution in [3.8, 4) is 0 Å². The summed E-state index contributed by atoms with van der Waals surface area (Å²) >= 11 is 0. The lowest BCUT2D eigenvalue weighted by Gasteiger charge is -2.08. The highest BCUT2D eigenvalue weighted by molar-refractivity contribution is 5.94. The predicted octanol–water partition coefficient (Wildman–Crippen LogP) is 2.64. The van der Waals surface area contributed by atoms with Gasteiger partial charge in [-0.1, -0.05) is 13.8 Å². The molecule has 0 aliphatic carbocycles. The molecular weight excluding hydrogens is 290 g/mol. The van der Waals surface area contributed by atoms with Crippen LogP contribution in [0.25, 0.3) is 0 Å². The monoisotopic (exact) mass is 312 g/mol. The van der Waals surface area contributed by atoms with Crippen LogP contribution in [0.1, 0.15) is 43.5 Å². The van der Waals surface area contributed by atoms with Crippen molar-refractivity contribution in [2.45, 2.75) is 33.1 Å². The summed E-state index contributed by atoms with van der Waals surface area (Å²) in [6.07, 6.45) is 1.68. The Morgan fingerprint density at radius 1 is 1.14 bits per heavy atom. The van der Waals surface area contributed by atoms with Crippen LogP contribution < -0.4 is 10.6 Å². The summed E-state index contributed by atoms with van der Waals surface area (Å²) < 4.78 is 26.1. The first-order valence-corrected chi connectivity index (χ1v) is 7.40. The van der Waals surface area contributed by atoms with E-state index < -0.39 is 17.5 Å². The Labute approximate surface area is 129 Å². The lowest BCUT2D eigenvalue weighted by Crippen LogP contribution is -2.28. The number of hydrogen-bond donors (Lipinski definition) is 2. The molecule has 0 bridgehead atoms. The second-order valence-corrected chi connectivity index (χ2v) is 5.52. The van der Waals surface area contributed by atoms with Crippen molar-refractivity contribution in [1.29, 1.82) is 0 Å². The molecule has 1 aromatic carbocycles. The quantitative estimate of drug-likeness (QED) is 0.725. The zero-order valence-corrected chi connectivity index (χ0v) is 12.9. The van der Waals surface area contributed by atoms with Crippen LogP contribution >= 0.6 is 0 Å². The van der Waals surface area contributed by atoms with Gasteiger partial charge in [0.1, 0.15) is 11.6 Å². The predicted molar refractivity (Wildman–Crippen MR) is 80.4 cm³/mol. The third-order valence-electron chi connectivity index (χ3n) is 3.09. The second-order valence-electron chi connectivity index (χ2n) is 5.52. The maximum atomic E-state index is 13.4. The first kappa shape index (κ1) is 18.1. The Bertz CT molecular complexity index is 519. The summed E-state index contributed by atoms with van der Waals surface area (Å²) in [7, 11) is 0. The number of rotatable bonds is 8. The van der Waals surface area contributed by atoms with Gasteiger partial charge in [0, 0.05) is 25.6 Å². The molecule has 0 unspecified atom stereocenters. The minimum Gasteiger partial charge on any atom is -0.356 e. The van der Waals surface area contributed by atoms with Crippen LogP contribution in [0.4, 0.5) is 8.78 Å². The third-order valence-corrected chi connectivity index (χ3v) is 3.09. The normalized spacial score (nSPS) is 10.6. The Kier molecular flexibility index (Phi) is 7.49. The van der Waals surface area contributed by atoms with E-state index in [0.29, 0.717) is 31.4 Å². The standard InChI is InChI=1S/C16H22F2N2O2/c1-11(2)7-9-19-15(21)4-3-8-20-16(22)13-6-5-12(17)10-14(13)18/h5-6,10-11H,3-4,7-9H2,1-2H3,(H,19,21)(H,20,22). The van der Waals surface area contributed by atoms with Gasteiger partial charge in [0.2, 0.25) is 5.91 Å². The molecule has 0 aromatic heterocycles. The number of amides is 2. The van der Waals surface area contributed by atoms with E-state index in [9.17, 15) is 18.4 Å². The SMILES string of the molecule is CC(C)CCNC(=O)CCCNC(=O)c1ccc(F)cc1F. The lowest BCUT2D eigenvalue weighted by atomic mass is 10.1. The van der Waals surface area contributed by atoms with E-state index in [4.69, 9.17) is 0 Å². The van der Waals surface area contributed by atoms with Crippen molar-refractivity contribution in [3.05, 3.63) is 35.4 Å². The Morgan fingerprint density at radius 2 is 1.86 bits per heavy atom. The van der Waals surface area contributed by atoms with Crippen LogP contribution in [0.3, 0.4) is 0 Å². The van der Waals surface area contributed by atoms with E-state index in [-0.39, 0.29) is 18.0 Å². The van der Waals surface area contributed by atoms with E-state index in [2.05, 4.69) is 24.5 Å². The van der Waals surface area contributed by atoms with Crippen molar-refractivity contribution in [2.75, 3.05) is 13.1 Å². The summed E-state index contributed by atoms with van der Waals surface area (Å²) in [6, 6.07) is 2.79. The molecular formula is C16H22F2N2O2. The highest BCUT2D eigenvalue weighted by Crippen LogP contribution is 2.09. The Balaban J connectivity index is 2.24. The van der Waals surface area contributed by atoms with Gasteiger partial charge in [0.15, 0.2) is 0 Å². The molecule has 1 aromatic rings. The zero-order valence-electron chi connectivity index (χ0n) is 12.9. The van der Waals surface area contributed by atoms with Gasteiger partial charge in [-0.2, -0.15) is 0 Å². The maximum Gasteiger partial charge on any atom is 0.254 e. The Hall–Kier alpha value is -1.98. The molecule has 0 aliphatic heterocycles. The molecule has 0 saturated heterocycles. The molecule has 122 valence electrons. The maximum absolute atomic E-state index is 13.4. The molecule has 2 amide bonds. The minimum atomic E-state index is -0.899. The van der Waals surface area contributed by atoms with Gasteiger partial charge in [0.05, 0.1) is 5.56 Å². The van der Waals surface area contributed by atoms with E-state index in [1.54, 1.807) is 0 Å². The topological polar surface area (TPSA) is 58.2 Å². The van der Waals surface area contributed by atoms with Crippen molar-refractivity contribution < 1.29 is 18.4 Å². The average Bonchev–Trinajstić information content (AvgIpc) is 2.43. The van der Waals surface area contributed by atoms with Gasteiger partial charge < -0.3 is 10.6 Å². The van der Waals surface area contributed by atoms with Crippen molar-refractivity contribution in [3.63, 3.8) is 0 Å². The molecule has 4 nitrogen and oxygen atoms in total. The van der Waals surface area contributed by atoms with Gasteiger partial charge in [0.25, 0.3) is 5.91 Å². The largest absolute Gasteiger partial charge is 0.356 e. The van der Waals surface area contributed by atoms with Crippen LogP contribution in [0.5, 0.6) is 0 Å². The van der Waals surface area contributed by atoms with Crippen LogP contribution in [-0.2, 0) is 4.79 Å². The van der Waals surface area contributed by atoms with Gasteiger partial charge in [-0.05, 0) is 30.9 Å². The van der Waals surface area contributed by atoms with E-state index in [1.807, 2.05) is 0 Å². The van der Waals surface area contributed by atoms with Crippen LogP contribution in [0.2, 0.25) is 0 Å². The second kappa shape index (κ2) is 9.12. The molecule has 6 heteroatoms. The number of hydrogen-bond acceptors (Lipinski definition) is 2. The number of nitrogens with one attached hydrogen (secondary N) is 2. The van der Waals surface area contributed by atoms with E-state index in [0.717, 1.165) is 18.6 Å². The summed E-state index contributed by atoms with van der Waals surface area (Å²) in [5.41, 5.74) is -0.206. The molecule has 0 heterocycles. The highest BCUT2D eigenvalue weighted by Gasteiger charge is 2.12. The van der Waals surface area contributed by atoms with Gasteiger partial charge in [-0.15, -0.1) is 0 Å². The molecule has 0 atom stereocenters.